The molecule has 1 aliphatic rings. The molecule has 0 bridgehead atoms. The number of carbonyl (C=O) groups is 1. The number of benzene rings is 2. The van der Waals surface area contributed by atoms with E-state index >= 15 is 0 Å². The Morgan fingerprint density at radius 1 is 1.03 bits per heavy atom. The van der Waals surface area contributed by atoms with E-state index in [1.165, 1.54) is 16.7 Å². The molecule has 2 aromatic carbocycles. The van der Waals surface area contributed by atoms with Gasteiger partial charge in [0.25, 0.3) is 0 Å². The second kappa shape index (κ2) is 11.1. The zero-order valence-electron chi connectivity index (χ0n) is 20.6. The van der Waals surface area contributed by atoms with E-state index in [1.54, 1.807) is 6.26 Å². The number of amides is 1. The molecule has 0 unspecified atom stereocenters. The van der Waals surface area contributed by atoms with E-state index in [0.29, 0.717) is 18.9 Å². The van der Waals surface area contributed by atoms with Gasteiger partial charge in [-0.25, -0.2) is 0 Å². The van der Waals surface area contributed by atoms with Crippen LogP contribution in [0.1, 0.15) is 67.4 Å². The van der Waals surface area contributed by atoms with Crippen molar-refractivity contribution < 1.29 is 13.9 Å². The first-order valence-electron chi connectivity index (χ1n) is 12.4. The van der Waals surface area contributed by atoms with Crippen molar-refractivity contribution in [3.8, 4) is 0 Å². The lowest BCUT2D eigenvalue weighted by Crippen LogP contribution is -2.40. The van der Waals surface area contributed by atoms with Gasteiger partial charge in [-0.05, 0) is 60.3 Å². The zero-order valence-corrected chi connectivity index (χ0v) is 20.6. The first-order chi connectivity index (χ1) is 16.4. The second-order valence-corrected chi connectivity index (χ2v) is 10.3. The Morgan fingerprint density at radius 3 is 2.47 bits per heavy atom. The average molecular weight is 460 g/mol. The molecule has 0 radical (unpaired) electrons. The molecule has 1 amide bonds. The summed E-state index contributed by atoms with van der Waals surface area (Å²) in [5.74, 6) is 1.74. The van der Waals surface area contributed by atoms with Crippen LogP contribution in [0.25, 0.3) is 0 Å². The van der Waals surface area contributed by atoms with E-state index in [1.807, 2.05) is 18.2 Å². The Morgan fingerprint density at radius 2 is 1.79 bits per heavy atom. The van der Waals surface area contributed by atoms with Gasteiger partial charge < -0.3 is 14.5 Å². The Labute approximate surface area is 203 Å². The summed E-state index contributed by atoms with van der Waals surface area (Å²) in [6.45, 7) is 8.73. The van der Waals surface area contributed by atoms with Crippen LogP contribution < -0.4 is 5.32 Å². The fourth-order valence-electron chi connectivity index (χ4n) is 5.37. The minimum absolute atomic E-state index is 0.0366. The van der Waals surface area contributed by atoms with E-state index in [-0.39, 0.29) is 23.2 Å². The van der Waals surface area contributed by atoms with Gasteiger partial charge in [0.05, 0.1) is 12.9 Å². The first kappa shape index (κ1) is 24.3. The lowest BCUT2D eigenvalue weighted by atomic mass is 9.66. The van der Waals surface area contributed by atoms with Crippen LogP contribution in [0.2, 0.25) is 0 Å². The van der Waals surface area contributed by atoms with Crippen molar-refractivity contribution in [2.75, 3.05) is 19.8 Å². The number of carbonyl (C=O) groups excluding carboxylic acids is 1. The van der Waals surface area contributed by atoms with Crippen LogP contribution >= 0.6 is 0 Å². The molecule has 34 heavy (non-hydrogen) atoms. The lowest BCUT2D eigenvalue weighted by Gasteiger charge is -2.43. The van der Waals surface area contributed by atoms with Crippen molar-refractivity contribution in [3.63, 3.8) is 0 Å². The molecule has 0 spiro atoms. The predicted molar refractivity (Wildman–Crippen MR) is 136 cm³/mol. The van der Waals surface area contributed by atoms with Crippen LogP contribution in [-0.2, 0) is 9.53 Å². The molecule has 180 valence electrons. The second-order valence-electron chi connectivity index (χ2n) is 10.3. The highest BCUT2D eigenvalue weighted by Gasteiger charge is 2.39. The molecule has 1 N–H and O–H groups in total. The molecule has 1 saturated heterocycles. The van der Waals surface area contributed by atoms with Crippen LogP contribution in [0.15, 0.2) is 77.4 Å². The number of furan rings is 1. The Bertz CT molecular complexity index is 1020. The largest absolute Gasteiger partial charge is 0.469 e. The molecule has 3 atom stereocenters. The third-order valence-corrected chi connectivity index (χ3v) is 7.29. The van der Waals surface area contributed by atoms with E-state index in [4.69, 9.17) is 9.15 Å². The standard InChI is InChI=1S/C30H37NO3/c1-22-11-13-24(14-12-22)25(28-10-7-18-34-28)15-17-31-29(32)20-26(23-8-5-4-6-9-23)27-16-19-33-21-30(27,2)3/h4-14,18,25-27H,15-17,19-21H2,1-3H3,(H,31,32)/t25-,26-,27-/m0/s1. The molecule has 0 aliphatic carbocycles. The van der Waals surface area contributed by atoms with Gasteiger partial charge >= 0.3 is 0 Å². The number of hydrogen-bond donors (Lipinski definition) is 1. The normalized spacial score (nSPS) is 19.3. The molecular formula is C30H37NO3. The molecule has 1 aliphatic heterocycles. The maximum absolute atomic E-state index is 13.2. The topological polar surface area (TPSA) is 51.5 Å². The summed E-state index contributed by atoms with van der Waals surface area (Å²) >= 11 is 0. The van der Waals surface area contributed by atoms with Gasteiger partial charge in [-0.15, -0.1) is 0 Å². The maximum atomic E-state index is 13.2. The van der Waals surface area contributed by atoms with E-state index in [2.05, 4.69) is 74.6 Å². The van der Waals surface area contributed by atoms with Gasteiger partial charge in [0.15, 0.2) is 0 Å². The van der Waals surface area contributed by atoms with Gasteiger partial charge in [-0.3, -0.25) is 4.79 Å². The van der Waals surface area contributed by atoms with Crippen LogP contribution in [0.4, 0.5) is 0 Å². The first-order valence-corrected chi connectivity index (χ1v) is 12.4. The van der Waals surface area contributed by atoms with E-state index < -0.39 is 0 Å². The van der Waals surface area contributed by atoms with Crippen molar-refractivity contribution in [1.82, 2.24) is 5.32 Å². The molecule has 4 rings (SSSR count). The summed E-state index contributed by atoms with van der Waals surface area (Å²) in [6.07, 6.45) is 3.98. The van der Waals surface area contributed by atoms with Crippen molar-refractivity contribution >= 4 is 5.91 Å². The number of hydrogen-bond acceptors (Lipinski definition) is 3. The van der Waals surface area contributed by atoms with E-state index in [0.717, 1.165) is 31.8 Å². The number of rotatable bonds is 9. The monoisotopic (exact) mass is 459 g/mol. The summed E-state index contributed by atoms with van der Waals surface area (Å²) in [7, 11) is 0. The molecule has 1 fully saturated rings. The van der Waals surface area contributed by atoms with Gasteiger partial charge in [-0.2, -0.15) is 0 Å². The smallest absolute Gasteiger partial charge is 0.220 e. The SMILES string of the molecule is Cc1ccc([C@H](CCNC(=O)C[C@@H](c2ccccc2)[C@@H]2CCOCC2(C)C)c2ccco2)cc1. The summed E-state index contributed by atoms with van der Waals surface area (Å²) in [6, 6.07) is 23.0. The molecule has 1 aromatic heterocycles. The van der Waals surface area contributed by atoms with Crippen molar-refractivity contribution in [2.45, 2.75) is 51.9 Å². The highest BCUT2D eigenvalue weighted by molar-refractivity contribution is 5.77. The van der Waals surface area contributed by atoms with Crippen LogP contribution in [0.5, 0.6) is 0 Å². The van der Waals surface area contributed by atoms with Gasteiger partial charge in [-0.1, -0.05) is 74.0 Å². The lowest BCUT2D eigenvalue weighted by molar-refractivity contribution is -0.122. The van der Waals surface area contributed by atoms with Gasteiger partial charge in [0, 0.05) is 25.5 Å². The summed E-state index contributed by atoms with van der Waals surface area (Å²) < 4.78 is 11.5. The quantitative estimate of drug-likeness (QED) is 0.399. The summed E-state index contributed by atoms with van der Waals surface area (Å²) in [5, 5.41) is 3.21. The maximum Gasteiger partial charge on any atom is 0.220 e. The highest BCUT2D eigenvalue weighted by Crippen LogP contribution is 2.44. The molecule has 2 heterocycles. The third kappa shape index (κ3) is 5.98. The molecule has 4 heteroatoms. The van der Waals surface area contributed by atoms with Crippen molar-refractivity contribution in [3.05, 3.63) is 95.4 Å². The predicted octanol–water partition coefficient (Wildman–Crippen LogP) is 6.46. The summed E-state index contributed by atoms with van der Waals surface area (Å²) in [4.78, 5) is 13.2. The number of aryl methyl sites for hydroxylation is 1. The molecule has 3 aromatic rings. The van der Waals surface area contributed by atoms with Crippen LogP contribution in [0.3, 0.4) is 0 Å². The minimum Gasteiger partial charge on any atom is -0.469 e. The van der Waals surface area contributed by atoms with E-state index in [9.17, 15) is 4.79 Å². The van der Waals surface area contributed by atoms with Gasteiger partial charge in [0.1, 0.15) is 5.76 Å². The zero-order chi connectivity index (χ0) is 24.0. The molecular weight excluding hydrogens is 422 g/mol. The number of nitrogens with one attached hydrogen (secondary N) is 1. The fourth-order valence-corrected chi connectivity index (χ4v) is 5.37. The van der Waals surface area contributed by atoms with Gasteiger partial charge in [0.2, 0.25) is 5.91 Å². The van der Waals surface area contributed by atoms with Crippen molar-refractivity contribution in [1.29, 1.82) is 0 Å². The minimum atomic E-state index is 0.0366. The molecule has 0 saturated carbocycles. The Kier molecular flexibility index (Phi) is 7.89. The fraction of sp³-hybridized carbons (Fsp3) is 0.433. The average Bonchev–Trinajstić information content (AvgIpc) is 3.36. The van der Waals surface area contributed by atoms with Crippen LogP contribution in [-0.4, -0.2) is 25.7 Å². The third-order valence-electron chi connectivity index (χ3n) is 7.29. The van der Waals surface area contributed by atoms with Crippen molar-refractivity contribution in [2.24, 2.45) is 11.3 Å². The summed E-state index contributed by atoms with van der Waals surface area (Å²) in [5.41, 5.74) is 3.72. The Balaban J connectivity index is 1.42. The number of ether oxygens (including phenoxy) is 1. The highest BCUT2D eigenvalue weighted by atomic mass is 16.5. The van der Waals surface area contributed by atoms with Crippen LogP contribution in [0, 0.1) is 18.3 Å². The Hall–Kier alpha value is -2.85. The molecule has 4 nitrogen and oxygen atoms in total.